The van der Waals surface area contributed by atoms with Crippen LogP contribution in [0, 0.1) is 5.92 Å². The Hall–Kier alpha value is -2.45. The van der Waals surface area contributed by atoms with Gasteiger partial charge in [-0.15, -0.1) is 0 Å². The van der Waals surface area contributed by atoms with E-state index in [0.29, 0.717) is 17.7 Å². The first kappa shape index (κ1) is 18.3. The number of sulfonamides is 1. The van der Waals surface area contributed by atoms with E-state index in [-0.39, 0.29) is 29.1 Å². The summed E-state index contributed by atoms with van der Waals surface area (Å²) in [6.07, 6.45) is 1.62. The number of phenols is 3. The van der Waals surface area contributed by atoms with E-state index in [0.717, 1.165) is 24.9 Å². The van der Waals surface area contributed by atoms with Gasteiger partial charge in [-0.1, -0.05) is 6.07 Å². The van der Waals surface area contributed by atoms with Crippen LogP contribution < -0.4 is 10.0 Å². The predicted molar refractivity (Wildman–Crippen MR) is 99.1 cm³/mol. The molecule has 0 radical (unpaired) electrons. The lowest BCUT2D eigenvalue weighted by Crippen LogP contribution is -2.15. The third-order valence-electron chi connectivity index (χ3n) is 4.63. The van der Waals surface area contributed by atoms with E-state index in [9.17, 15) is 23.7 Å². The standard InChI is InChI=1S/C18H22N2O5S/c1-26(24,25)20-14-3-5-16(21)12(7-14)6-13-9-19-10-15(13)11-2-4-17(22)18(23)8-11/h2-5,7-8,13,15,19-23H,6,9-10H2,1H3/t13-,15+/m0/s1. The van der Waals surface area contributed by atoms with Crippen LogP contribution >= 0.6 is 0 Å². The number of hydrogen-bond acceptors (Lipinski definition) is 6. The number of aromatic hydroxyl groups is 3. The second-order valence-electron chi connectivity index (χ2n) is 6.69. The number of phenolic OH excluding ortho intramolecular Hbond substituents is 3. The quantitative estimate of drug-likeness (QED) is 0.399. The molecule has 5 N–H and O–H groups in total. The highest BCUT2D eigenvalue weighted by atomic mass is 32.2. The van der Waals surface area contributed by atoms with Crippen molar-refractivity contribution >= 4 is 15.7 Å². The summed E-state index contributed by atoms with van der Waals surface area (Å²) in [5.41, 5.74) is 1.96. The van der Waals surface area contributed by atoms with Crippen LogP contribution in [0.4, 0.5) is 5.69 Å². The van der Waals surface area contributed by atoms with Gasteiger partial charge in [0.1, 0.15) is 5.75 Å². The molecule has 1 aliphatic heterocycles. The fourth-order valence-electron chi connectivity index (χ4n) is 3.42. The molecule has 2 aromatic carbocycles. The Balaban J connectivity index is 1.83. The second kappa shape index (κ2) is 7.05. The molecular formula is C18H22N2O5S. The van der Waals surface area contributed by atoms with Crippen LogP contribution in [0.15, 0.2) is 36.4 Å². The first-order chi connectivity index (χ1) is 12.2. The minimum Gasteiger partial charge on any atom is -0.508 e. The monoisotopic (exact) mass is 378 g/mol. The summed E-state index contributed by atoms with van der Waals surface area (Å²) in [7, 11) is -3.39. The van der Waals surface area contributed by atoms with Crippen LogP contribution in [0.1, 0.15) is 17.0 Å². The van der Waals surface area contributed by atoms with Crippen molar-refractivity contribution in [1.29, 1.82) is 0 Å². The third kappa shape index (κ3) is 4.20. The Bertz CT molecular complexity index is 914. The van der Waals surface area contributed by atoms with Crippen LogP contribution in [0.5, 0.6) is 17.2 Å². The largest absolute Gasteiger partial charge is 0.508 e. The lowest BCUT2D eigenvalue weighted by molar-refractivity contribution is 0.401. The van der Waals surface area contributed by atoms with Gasteiger partial charge >= 0.3 is 0 Å². The van der Waals surface area contributed by atoms with E-state index >= 15 is 0 Å². The Morgan fingerprint density at radius 3 is 2.46 bits per heavy atom. The van der Waals surface area contributed by atoms with Gasteiger partial charge in [-0.2, -0.15) is 0 Å². The molecule has 2 atom stereocenters. The Morgan fingerprint density at radius 2 is 1.77 bits per heavy atom. The summed E-state index contributed by atoms with van der Waals surface area (Å²) in [6, 6.07) is 9.44. The van der Waals surface area contributed by atoms with Crippen LogP contribution in [0.2, 0.25) is 0 Å². The average molecular weight is 378 g/mol. The minimum atomic E-state index is -3.39. The average Bonchev–Trinajstić information content (AvgIpc) is 3.00. The van der Waals surface area contributed by atoms with E-state index < -0.39 is 10.0 Å². The molecule has 2 aromatic rings. The maximum absolute atomic E-state index is 11.4. The highest BCUT2D eigenvalue weighted by Gasteiger charge is 2.29. The van der Waals surface area contributed by atoms with Gasteiger partial charge in [0.2, 0.25) is 10.0 Å². The molecule has 0 unspecified atom stereocenters. The van der Waals surface area contributed by atoms with Crippen LogP contribution in [-0.4, -0.2) is 43.1 Å². The first-order valence-corrected chi connectivity index (χ1v) is 10.1. The molecule has 1 fully saturated rings. The summed E-state index contributed by atoms with van der Waals surface area (Å²) < 4.78 is 25.2. The number of hydrogen-bond donors (Lipinski definition) is 5. The summed E-state index contributed by atoms with van der Waals surface area (Å²) in [6.45, 7) is 1.45. The molecular weight excluding hydrogens is 356 g/mol. The van der Waals surface area contributed by atoms with Crippen LogP contribution in [-0.2, 0) is 16.4 Å². The van der Waals surface area contributed by atoms with Gasteiger partial charge in [-0.25, -0.2) is 8.42 Å². The fourth-order valence-corrected chi connectivity index (χ4v) is 3.97. The third-order valence-corrected chi connectivity index (χ3v) is 5.24. The van der Waals surface area contributed by atoms with Gasteiger partial charge in [0.05, 0.1) is 6.26 Å². The van der Waals surface area contributed by atoms with E-state index in [1.807, 2.05) is 0 Å². The molecule has 8 heteroatoms. The molecule has 0 bridgehead atoms. The smallest absolute Gasteiger partial charge is 0.229 e. The number of benzene rings is 2. The van der Waals surface area contributed by atoms with Crippen molar-refractivity contribution in [3.05, 3.63) is 47.5 Å². The number of anilines is 1. The zero-order chi connectivity index (χ0) is 18.9. The molecule has 0 aliphatic carbocycles. The number of rotatable bonds is 5. The van der Waals surface area contributed by atoms with Gasteiger partial charge in [0, 0.05) is 18.2 Å². The SMILES string of the molecule is CS(=O)(=O)Nc1ccc(O)c(C[C@H]2CNC[C@@H]2c2ccc(O)c(O)c2)c1. The minimum absolute atomic E-state index is 0.104. The fraction of sp³-hybridized carbons (Fsp3) is 0.333. The van der Waals surface area contributed by atoms with Crippen molar-refractivity contribution in [2.45, 2.75) is 12.3 Å². The van der Waals surface area contributed by atoms with Crippen molar-refractivity contribution in [3.63, 3.8) is 0 Å². The molecule has 1 aliphatic rings. The lowest BCUT2D eigenvalue weighted by atomic mass is 9.84. The zero-order valence-corrected chi connectivity index (χ0v) is 15.1. The molecule has 0 saturated carbocycles. The van der Waals surface area contributed by atoms with Crippen molar-refractivity contribution in [2.24, 2.45) is 5.92 Å². The predicted octanol–water partition coefficient (Wildman–Crippen LogP) is 1.72. The number of nitrogens with one attached hydrogen (secondary N) is 2. The Kier molecular flexibility index (Phi) is 4.97. The molecule has 1 heterocycles. The van der Waals surface area contributed by atoms with Gasteiger partial charge < -0.3 is 20.6 Å². The molecule has 0 amide bonds. The van der Waals surface area contributed by atoms with Gasteiger partial charge in [0.15, 0.2) is 11.5 Å². The van der Waals surface area contributed by atoms with Crippen molar-refractivity contribution < 1.29 is 23.7 Å². The Morgan fingerprint density at radius 1 is 1.04 bits per heavy atom. The summed E-state index contributed by atoms with van der Waals surface area (Å²) >= 11 is 0. The van der Waals surface area contributed by atoms with E-state index in [1.165, 1.54) is 18.2 Å². The summed E-state index contributed by atoms with van der Waals surface area (Å²) in [5, 5.41) is 32.7. The maximum atomic E-state index is 11.4. The molecule has 0 spiro atoms. The molecule has 26 heavy (non-hydrogen) atoms. The first-order valence-electron chi connectivity index (χ1n) is 8.25. The lowest BCUT2D eigenvalue weighted by Gasteiger charge is -2.20. The molecule has 140 valence electrons. The molecule has 0 aromatic heterocycles. The van der Waals surface area contributed by atoms with Crippen molar-refractivity contribution in [2.75, 3.05) is 24.1 Å². The van der Waals surface area contributed by atoms with Crippen molar-refractivity contribution in [1.82, 2.24) is 5.32 Å². The zero-order valence-electron chi connectivity index (χ0n) is 14.3. The maximum Gasteiger partial charge on any atom is 0.229 e. The highest BCUT2D eigenvalue weighted by Crippen LogP contribution is 2.36. The summed E-state index contributed by atoms with van der Waals surface area (Å²) in [4.78, 5) is 0. The van der Waals surface area contributed by atoms with Gasteiger partial charge in [-0.05, 0) is 60.3 Å². The highest BCUT2D eigenvalue weighted by molar-refractivity contribution is 7.92. The van der Waals surface area contributed by atoms with Crippen molar-refractivity contribution in [3.8, 4) is 17.2 Å². The van der Waals surface area contributed by atoms with Crippen LogP contribution in [0.3, 0.4) is 0 Å². The Labute approximate surface area is 152 Å². The molecule has 7 nitrogen and oxygen atoms in total. The topological polar surface area (TPSA) is 119 Å². The molecule has 1 saturated heterocycles. The van der Waals surface area contributed by atoms with Crippen LogP contribution in [0.25, 0.3) is 0 Å². The normalized spacial score (nSPS) is 20.2. The summed E-state index contributed by atoms with van der Waals surface area (Å²) in [5.74, 6) is 0.0535. The van der Waals surface area contributed by atoms with Gasteiger partial charge in [0.25, 0.3) is 0 Å². The van der Waals surface area contributed by atoms with Gasteiger partial charge in [-0.3, -0.25) is 4.72 Å². The second-order valence-corrected chi connectivity index (χ2v) is 8.44. The van der Waals surface area contributed by atoms with E-state index in [4.69, 9.17) is 0 Å². The molecule has 3 rings (SSSR count). The van der Waals surface area contributed by atoms with E-state index in [2.05, 4.69) is 10.0 Å². The van der Waals surface area contributed by atoms with E-state index in [1.54, 1.807) is 18.2 Å².